The summed E-state index contributed by atoms with van der Waals surface area (Å²) in [5, 5.41) is 13.0. The van der Waals surface area contributed by atoms with Crippen molar-refractivity contribution in [2.75, 3.05) is 31.2 Å². The first kappa shape index (κ1) is 26.3. The first-order valence-corrected chi connectivity index (χ1v) is 12.7. The molecule has 1 aliphatic rings. The molecule has 0 spiro atoms. The summed E-state index contributed by atoms with van der Waals surface area (Å²) in [6.07, 6.45) is 1.53. The quantitative estimate of drug-likeness (QED) is 0.457. The summed E-state index contributed by atoms with van der Waals surface area (Å²) in [7, 11) is 0. The van der Waals surface area contributed by atoms with Crippen molar-refractivity contribution < 1.29 is 19.4 Å². The Bertz CT molecular complexity index is 1330. The van der Waals surface area contributed by atoms with Crippen molar-refractivity contribution in [1.29, 1.82) is 0 Å². The van der Waals surface area contributed by atoms with Gasteiger partial charge in [-0.05, 0) is 48.6 Å². The van der Waals surface area contributed by atoms with E-state index < -0.39 is 24.0 Å². The molecule has 2 heterocycles. The standard InChI is InChI=1S/C28H34N4O5/c1-18(2)14-25(32-17-29-22-7-5-4-6-21(22)28(32)36)27(35)30-23(16-26(33)34)20-9-8-19(3)24(15-20)31-10-12-37-13-11-31/h4-9,15,17-18,23,25H,10-14,16H2,1-3H3,(H,30,35)(H,33,34). The van der Waals surface area contributed by atoms with Gasteiger partial charge in [0.2, 0.25) is 5.91 Å². The van der Waals surface area contributed by atoms with E-state index >= 15 is 0 Å². The van der Waals surface area contributed by atoms with Crippen LogP contribution >= 0.6 is 0 Å². The van der Waals surface area contributed by atoms with E-state index in [2.05, 4.69) is 15.2 Å². The van der Waals surface area contributed by atoms with E-state index in [9.17, 15) is 19.5 Å². The monoisotopic (exact) mass is 506 g/mol. The molecule has 9 heteroatoms. The number of aryl methyl sites for hydroxylation is 1. The number of anilines is 1. The minimum atomic E-state index is -1.02. The Kier molecular flexibility index (Phi) is 8.23. The number of carboxylic acids is 1. The van der Waals surface area contributed by atoms with Gasteiger partial charge in [0.15, 0.2) is 0 Å². The molecule has 0 saturated carbocycles. The van der Waals surface area contributed by atoms with Crippen LogP contribution in [0.4, 0.5) is 5.69 Å². The summed E-state index contributed by atoms with van der Waals surface area (Å²) in [4.78, 5) is 45.3. The summed E-state index contributed by atoms with van der Waals surface area (Å²) in [6, 6.07) is 11.2. The number of fused-ring (bicyclic) bond motifs is 1. The fraction of sp³-hybridized carbons (Fsp3) is 0.429. The van der Waals surface area contributed by atoms with Crippen LogP contribution in [0.1, 0.15) is 49.9 Å². The second kappa shape index (κ2) is 11.6. The topological polar surface area (TPSA) is 114 Å². The zero-order valence-corrected chi connectivity index (χ0v) is 21.5. The number of carbonyl (C=O) groups is 2. The van der Waals surface area contributed by atoms with Gasteiger partial charge in [-0.15, -0.1) is 0 Å². The fourth-order valence-corrected chi connectivity index (χ4v) is 4.78. The van der Waals surface area contributed by atoms with Crippen molar-refractivity contribution in [3.05, 3.63) is 70.3 Å². The largest absolute Gasteiger partial charge is 0.481 e. The van der Waals surface area contributed by atoms with Gasteiger partial charge in [0, 0.05) is 18.8 Å². The minimum Gasteiger partial charge on any atom is -0.481 e. The molecule has 2 aromatic carbocycles. The highest BCUT2D eigenvalue weighted by Gasteiger charge is 2.28. The van der Waals surface area contributed by atoms with E-state index in [1.165, 1.54) is 10.9 Å². The van der Waals surface area contributed by atoms with Crippen LogP contribution in [0, 0.1) is 12.8 Å². The van der Waals surface area contributed by atoms with Crippen molar-refractivity contribution in [3.63, 3.8) is 0 Å². The third kappa shape index (κ3) is 6.17. The molecule has 0 aliphatic carbocycles. The van der Waals surface area contributed by atoms with Gasteiger partial charge < -0.3 is 20.1 Å². The van der Waals surface area contributed by atoms with Crippen molar-refractivity contribution in [3.8, 4) is 0 Å². The van der Waals surface area contributed by atoms with Crippen LogP contribution in [-0.4, -0.2) is 52.8 Å². The number of aromatic nitrogens is 2. The number of hydrogen-bond acceptors (Lipinski definition) is 6. The van der Waals surface area contributed by atoms with E-state index in [1.54, 1.807) is 24.3 Å². The molecule has 3 aromatic rings. The Morgan fingerprint density at radius 1 is 1.14 bits per heavy atom. The Morgan fingerprint density at radius 3 is 2.57 bits per heavy atom. The molecular weight excluding hydrogens is 472 g/mol. The second-order valence-electron chi connectivity index (χ2n) is 9.92. The summed E-state index contributed by atoms with van der Waals surface area (Å²) in [6.45, 7) is 8.71. The summed E-state index contributed by atoms with van der Waals surface area (Å²) < 4.78 is 6.84. The summed E-state index contributed by atoms with van der Waals surface area (Å²) in [5.41, 5.74) is 3.03. The van der Waals surface area contributed by atoms with Crippen molar-refractivity contribution in [2.45, 2.75) is 45.7 Å². The lowest BCUT2D eigenvalue weighted by molar-refractivity contribution is -0.138. The van der Waals surface area contributed by atoms with E-state index in [0.29, 0.717) is 36.1 Å². The van der Waals surface area contributed by atoms with Gasteiger partial charge in [-0.25, -0.2) is 4.98 Å². The zero-order valence-electron chi connectivity index (χ0n) is 21.5. The van der Waals surface area contributed by atoms with Gasteiger partial charge in [0.25, 0.3) is 5.56 Å². The maximum Gasteiger partial charge on any atom is 0.305 e. The Labute approximate surface area is 216 Å². The first-order chi connectivity index (χ1) is 17.7. The average molecular weight is 507 g/mol. The number of carbonyl (C=O) groups excluding carboxylic acids is 1. The van der Waals surface area contributed by atoms with E-state index in [4.69, 9.17) is 4.74 Å². The van der Waals surface area contributed by atoms with Gasteiger partial charge in [0.05, 0.1) is 42.9 Å². The van der Waals surface area contributed by atoms with Gasteiger partial charge in [-0.2, -0.15) is 0 Å². The van der Waals surface area contributed by atoms with Crippen LogP contribution in [0.15, 0.2) is 53.6 Å². The Hall–Kier alpha value is -3.72. The predicted molar refractivity (Wildman–Crippen MR) is 142 cm³/mol. The summed E-state index contributed by atoms with van der Waals surface area (Å²) >= 11 is 0. The van der Waals surface area contributed by atoms with Crippen LogP contribution in [0.5, 0.6) is 0 Å². The number of nitrogens with zero attached hydrogens (tertiary/aromatic N) is 3. The number of morpholine rings is 1. The molecule has 1 saturated heterocycles. The number of nitrogens with one attached hydrogen (secondary N) is 1. The minimum absolute atomic E-state index is 0.111. The van der Waals surface area contributed by atoms with E-state index in [1.807, 2.05) is 39.0 Å². The van der Waals surface area contributed by atoms with E-state index in [0.717, 1.165) is 24.3 Å². The van der Waals surface area contributed by atoms with Crippen molar-refractivity contribution in [2.24, 2.45) is 5.92 Å². The molecule has 2 N–H and O–H groups in total. The molecule has 0 bridgehead atoms. The van der Waals surface area contributed by atoms with Crippen molar-refractivity contribution in [1.82, 2.24) is 14.9 Å². The van der Waals surface area contributed by atoms with Crippen LogP contribution in [0.25, 0.3) is 10.9 Å². The van der Waals surface area contributed by atoms with Crippen LogP contribution in [0.2, 0.25) is 0 Å². The smallest absolute Gasteiger partial charge is 0.305 e. The number of para-hydroxylation sites is 1. The fourth-order valence-electron chi connectivity index (χ4n) is 4.78. The van der Waals surface area contributed by atoms with Gasteiger partial charge in [-0.3, -0.25) is 19.0 Å². The number of ether oxygens (including phenoxy) is 1. The highest BCUT2D eigenvalue weighted by atomic mass is 16.5. The number of rotatable bonds is 9. The number of hydrogen-bond donors (Lipinski definition) is 2. The number of carboxylic acid groups (broad SMARTS) is 1. The van der Waals surface area contributed by atoms with Gasteiger partial charge >= 0.3 is 5.97 Å². The highest BCUT2D eigenvalue weighted by Crippen LogP contribution is 2.28. The summed E-state index contributed by atoms with van der Waals surface area (Å²) in [5.74, 6) is -1.32. The van der Waals surface area contributed by atoms with Crippen LogP contribution in [-0.2, 0) is 14.3 Å². The molecule has 1 amide bonds. The first-order valence-electron chi connectivity index (χ1n) is 12.7. The maximum atomic E-state index is 13.7. The molecule has 2 atom stereocenters. The number of aliphatic carboxylic acids is 1. The number of benzene rings is 2. The number of amides is 1. The third-order valence-corrected chi connectivity index (χ3v) is 6.71. The highest BCUT2D eigenvalue weighted by molar-refractivity contribution is 5.83. The van der Waals surface area contributed by atoms with Crippen LogP contribution in [0.3, 0.4) is 0 Å². The molecule has 1 aliphatic heterocycles. The van der Waals surface area contributed by atoms with Gasteiger partial charge in [0.1, 0.15) is 6.04 Å². The SMILES string of the molecule is Cc1ccc(C(CC(=O)O)NC(=O)C(CC(C)C)n2cnc3ccccc3c2=O)cc1N1CCOCC1. The lowest BCUT2D eigenvalue weighted by atomic mass is 9.98. The second-order valence-corrected chi connectivity index (χ2v) is 9.92. The molecule has 2 unspecified atom stereocenters. The normalized spacial score (nSPS) is 15.5. The molecular formula is C28H34N4O5. The molecule has 1 aromatic heterocycles. The maximum absolute atomic E-state index is 13.7. The Balaban J connectivity index is 1.67. The average Bonchev–Trinajstić information content (AvgIpc) is 2.88. The van der Waals surface area contributed by atoms with E-state index in [-0.39, 0.29) is 17.9 Å². The van der Waals surface area contributed by atoms with Gasteiger partial charge in [-0.1, -0.05) is 38.1 Å². The molecule has 37 heavy (non-hydrogen) atoms. The Morgan fingerprint density at radius 2 is 1.86 bits per heavy atom. The molecule has 0 radical (unpaired) electrons. The lowest BCUT2D eigenvalue weighted by Crippen LogP contribution is -2.40. The molecule has 4 rings (SSSR count). The van der Waals surface area contributed by atoms with Crippen molar-refractivity contribution >= 4 is 28.5 Å². The third-order valence-electron chi connectivity index (χ3n) is 6.71. The molecule has 9 nitrogen and oxygen atoms in total. The molecule has 1 fully saturated rings. The zero-order chi connectivity index (χ0) is 26.5. The van der Waals surface area contributed by atoms with Crippen LogP contribution < -0.4 is 15.8 Å². The lowest BCUT2D eigenvalue weighted by Gasteiger charge is -2.31. The molecule has 196 valence electrons. The predicted octanol–water partition coefficient (Wildman–Crippen LogP) is 3.46.